The summed E-state index contributed by atoms with van der Waals surface area (Å²) in [6.45, 7) is 2.58. The Morgan fingerprint density at radius 3 is 2.94 bits per heavy atom. The van der Waals surface area contributed by atoms with Gasteiger partial charge in [-0.2, -0.15) is 16.1 Å². The van der Waals surface area contributed by atoms with E-state index in [0.717, 1.165) is 22.8 Å². The maximum atomic E-state index is 12.5. The summed E-state index contributed by atoms with van der Waals surface area (Å²) >= 11 is 8.83. The van der Waals surface area contributed by atoms with Crippen LogP contribution in [-0.4, -0.2) is 42.7 Å². The number of hydrogen-bond acceptors (Lipinski definition) is 4. The van der Waals surface area contributed by atoms with E-state index in [0.29, 0.717) is 16.6 Å². The summed E-state index contributed by atoms with van der Waals surface area (Å²) in [4.78, 5) is 1.03. The number of sulfonamides is 1. The third-order valence-corrected chi connectivity index (χ3v) is 7.85. The molecule has 1 saturated heterocycles. The highest BCUT2D eigenvalue weighted by Crippen LogP contribution is 2.29. The summed E-state index contributed by atoms with van der Waals surface area (Å²) in [6.07, 6.45) is 0.729. The summed E-state index contributed by atoms with van der Waals surface area (Å²) in [6, 6.07) is 3.65. The molecule has 1 atom stereocenters. The first kappa shape index (κ1) is 14.7. The minimum atomic E-state index is -3.31. The van der Waals surface area contributed by atoms with Gasteiger partial charge in [-0.15, -0.1) is 22.9 Å². The van der Waals surface area contributed by atoms with E-state index < -0.39 is 10.0 Å². The Hall–Kier alpha value is 0.250. The van der Waals surface area contributed by atoms with Gasteiger partial charge in [-0.1, -0.05) is 0 Å². The van der Waals surface area contributed by atoms with Gasteiger partial charge in [0.15, 0.2) is 0 Å². The van der Waals surface area contributed by atoms with Gasteiger partial charge in [0, 0.05) is 34.8 Å². The van der Waals surface area contributed by atoms with Crippen LogP contribution in [0.5, 0.6) is 0 Å². The molecule has 1 aliphatic heterocycles. The van der Waals surface area contributed by atoms with Gasteiger partial charge in [-0.25, -0.2) is 8.42 Å². The van der Waals surface area contributed by atoms with Gasteiger partial charge in [-0.05, 0) is 25.5 Å². The molecule has 102 valence electrons. The number of nitrogens with zero attached hydrogens (tertiary/aromatic N) is 1. The van der Waals surface area contributed by atoms with Crippen molar-refractivity contribution in [2.45, 2.75) is 23.6 Å². The number of rotatable bonds is 4. The molecule has 0 aromatic carbocycles. The summed E-state index contributed by atoms with van der Waals surface area (Å²) < 4.78 is 27.1. The molecule has 1 aromatic heterocycles. The second-order valence-corrected chi connectivity index (χ2v) is 9.01. The number of alkyl halides is 1. The molecule has 1 aromatic rings. The van der Waals surface area contributed by atoms with E-state index in [9.17, 15) is 8.42 Å². The number of thioether (sulfide) groups is 1. The molecular weight excluding hydrogens is 310 g/mol. The SMILES string of the molecule is CC1CSCCN1S(=O)(=O)c1ccc(CCCl)s1. The Labute approximate surface area is 122 Å². The van der Waals surface area contributed by atoms with Crippen LogP contribution in [-0.2, 0) is 16.4 Å². The Morgan fingerprint density at radius 2 is 2.28 bits per heavy atom. The highest BCUT2D eigenvalue weighted by atomic mass is 35.5. The van der Waals surface area contributed by atoms with E-state index in [1.54, 1.807) is 10.4 Å². The van der Waals surface area contributed by atoms with Crippen molar-refractivity contribution in [3.63, 3.8) is 0 Å². The zero-order chi connectivity index (χ0) is 13.2. The first-order valence-corrected chi connectivity index (χ1v) is 9.74. The third kappa shape index (κ3) is 3.04. The van der Waals surface area contributed by atoms with Crippen molar-refractivity contribution >= 4 is 44.7 Å². The number of aryl methyl sites for hydroxylation is 1. The maximum absolute atomic E-state index is 12.5. The predicted molar refractivity (Wildman–Crippen MR) is 79.4 cm³/mol. The number of halogens is 1. The molecule has 2 heterocycles. The highest BCUT2D eigenvalue weighted by molar-refractivity contribution is 7.99. The average Bonchev–Trinajstić information content (AvgIpc) is 2.79. The van der Waals surface area contributed by atoms with Crippen molar-refractivity contribution in [2.75, 3.05) is 23.9 Å². The lowest BCUT2D eigenvalue weighted by atomic mass is 10.4. The molecule has 0 bridgehead atoms. The number of hydrogen-bond donors (Lipinski definition) is 0. The van der Waals surface area contributed by atoms with E-state index in [2.05, 4.69) is 0 Å². The van der Waals surface area contributed by atoms with Crippen LogP contribution in [0.25, 0.3) is 0 Å². The molecule has 3 nitrogen and oxygen atoms in total. The molecule has 1 fully saturated rings. The first-order valence-electron chi connectivity index (χ1n) is 5.80. The molecule has 18 heavy (non-hydrogen) atoms. The van der Waals surface area contributed by atoms with Gasteiger partial charge >= 0.3 is 0 Å². The lowest BCUT2D eigenvalue weighted by molar-refractivity contribution is 0.368. The molecule has 0 amide bonds. The van der Waals surface area contributed by atoms with Crippen LogP contribution in [0, 0.1) is 0 Å². The predicted octanol–water partition coefficient (Wildman–Crippen LogP) is 2.66. The van der Waals surface area contributed by atoms with E-state index >= 15 is 0 Å². The van der Waals surface area contributed by atoms with Crippen LogP contribution in [0.1, 0.15) is 11.8 Å². The molecule has 7 heteroatoms. The third-order valence-electron chi connectivity index (χ3n) is 2.85. The van der Waals surface area contributed by atoms with Crippen LogP contribution in [0.15, 0.2) is 16.3 Å². The lowest BCUT2D eigenvalue weighted by Gasteiger charge is -2.31. The Kier molecular flexibility index (Phi) is 4.99. The average molecular weight is 326 g/mol. The smallest absolute Gasteiger partial charge is 0.206 e. The van der Waals surface area contributed by atoms with E-state index in [1.807, 2.05) is 24.8 Å². The van der Waals surface area contributed by atoms with Crippen molar-refractivity contribution < 1.29 is 8.42 Å². The Morgan fingerprint density at radius 1 is 1.50 bits per heavy atom. The van der Waals surface area contributed by atoms with Gasteiger partial charge in [0.05, 0.1) is 0 Å². The lowest BCUT2D eigenvalue weighted by Crippen LogP contribution is -2.44. The van der Waals surface area contributed by atoms with Gasteiger partial charge in [0.1, 0.15) is 4.21 Å². The van der Waals surface area contributed by atoms with E-state index in [-0.39, 0.29) is 6.04 Å². The molecule has 0 radical (unpaired) electrons. The molecule has 0 N–H and O–H groups in total. The van der Waals surface area contributed by atoms with Gasteiger partial charge in [-0.3, -0.25) is 0 Å². The standard InChI is InChI=1S/C11H16ClNO2S3/c1-9-8-16-7-6-13(9)18(14,15)11-3-2-10(17-11)4-5-12/h2-3,9H,4-8H2,1H3. The van der Waals surface area contributed by atoms with Gasteiger partial charge in [0.25, 0.3) is 10.0 Å². The van der Waals surface area contributed by atoms with Crippen LogP contribution in [0.2, 0.25) is 0 Å². The van der Waals surface area contributed by atoms with Crippen molar-refractivity contribution in [3.05, 3.63) is 17.0 Å². The fourth-order valence-corrected chi connectivity index (χ4v) is 6.56. The second kappa shape index (κ2) is 6.13. The fraction of sp³-hybridized carbons (Fsp3) is 0.636. The van der Waals surface area contributed by atoms with Crippen molar-refractivity contribution in [3.8, 4) is 0 Å². The molecule has 0 spiro atoms. The molecular formula is C11H16ClNO2S3. The normalized spacial score (nSPS) is 22.2. The molecule has 1 aliphatic rings. The summed E-state index contributed by atoms with van der Waals surface area (Å²) in [5, 5.41) is 0. The van der Waals surface area contributed by atoms with Gasteiger partial charge in [0.2, 0.25) is 0 Å². The number of thiophene rings is 1. The Balaban J connectivity index is 2.23. The second-order valence-electron chi connectivity index (χ2n) is 4.20. The zero-order valence-corrected chi connectivity index (χ0v) is 13.3. The van der Waals surface area contributed by atoms with E-state index in [4.69, 9.17) is 11.6 Å². The molecule has 0 aliphatic carbocycles. The minimum Gasteiger partial charge on any atom is -0.206 e. The summed E-state index contributed by atoms with van der Waals surface area (Å²) in [5.41, 5.74) is 0. The van der Waals surface area contributed by atoms with Crippen LogP contribution < -0.4 is 0 Å². The van der Waals surface area contributed by atoms with Crippen LogP contribution in [0.3, 0.4) is 0 Å². The topological polar surface area (TPSA) is 37.4 Å². The van der Waals surface area contributed by atoms with Crippen molar-refractivity contribution in [2.24, 2.45) is 0 Å². The largest absolute Gasteiger partial charge is 0.252 e. The van der Waals surface area contributed by atoms with Crippen molar-refractivity contribution in [1.29, 1.82) is 0 Å². The van der Waals surface area contributed by atoms with Crippen LogP contribution in [0.4, 0.5) is 0 Å². The van der Waals surface area contributed by atoms with Gasteiger partial charge < -0.3 is 0 Å². The monoisotopic (exact) mass is 325 g/mol. The maximum Gasteiger partial charge on any atom is 0.252 e. The summed E-state index contributed by atoms with van der Waals surface area (Å²) in [5.74, 6) is 2.28. The van der Waals surface area contributed by atoms with Crippen LogP contribution >= 0.6 is 34.7 Å². The molecule has 0 saturated carbocycles. The van der Waals surface area contributed by atoms with Crippen molar-refractivity contribution in [1.82, 2.24) is 4.31 Å². The minimum absolute atomic E-state index is 0.0762. The Bertz CT molecular complexity index is 500. The fourth-order valence-electron chi connectivity index (χ4n) is 1.91. The first-order chi connectivity index (χ1) is 8.55. The zero-order valence-electron chi connectivity index (χ0n) is 10.1. The quantitative estimate of drug-likeness (QED) is 0.799. The highest BCUT2D eigenvalue weighted by Gasteiger charge is 2.32. The summed E-state index contributed by atoms with van der Waals surface area (Å²) in [7, 11) is -3.31. The van der Waals surface area contributed by atoms with E-state index in [1.165, 1.54) is 11.3 Å². The molecule has 2 rings (SSSR count). The molecule has 1 unspecified atom stereocenters.